The highest BCUT2D eigenvalue weighted by molar-refractivity contribution is 7.89. The zero-order valence-corrected chi connectivity index (χ0v) is 13.9. The summed E-state index contributed by atoms with van der Waals surface area (Å²) >= 11 is 0. The average molecular weight is 333 g/mol. The summed E-state index contributed by atoms with van der Waals surface area (Å²) in [6.07, 6.45) is 6.40. The molecule has 1 fully saturated rings. The molecule has 1 aliphatic carbocycles. The first-order valence-electron chi connectivity index (χ1n) is 7.37. The first kappa shape index (κ1) is 18.3. The van der Waals surface area contributed by atoms with E-state index in [1.807, 2.05) is 24.3 Å². The summed E-state index contributed by atoms with van der Waals surface area (Å²) in [6.45, 7) is 0.457. The van der Waals surface area contributed by atoms with Crippen LogP contribution in [0.15, 0.2) is 24.3 Å². The van der Waals surface area contributed by atoms with Crippen molar-refractivity contribution in [2.75, 3.05) is 18.0 Å². The molecule has 0 spiro atoms. The van der Waals surface area contributed by atoms with Gasteiger partial charge in [0.25, 0.3) is 0 Å². The molecule has 0 aromatic heterocycles. The number of rotatable bonds is 6. The normalized spacial score (nSPS) is 16.4. The van der Waals surface area contributed by atoms with Gasteiger partial charge in [-0.05, 0) is 42.9 Å². The zero-order valence-electron chi connectivity index (χ0n) is 12.3. The van der Waals surface area contributed by atoms with Crippen LogP contribution in [0.2, 0.25) is 0 Å². The molecule has 3 N–H and O–H groups in total. The summed E-state index contributed by atoms with van der Waals surface area (Å²) in [5.41, 5.74) is 7.44. The number of nitrogens with two attached hydrogens (primary N) is 1. The van der Waals surface area contributed by atoms with Crippen LogP contribution in [0.4, 0.5) is 5.69 Å². The first-order chi connectivity index (χ1) is 9.55. The summed E-state index contributed by atoms with van der Waals surface area (Å²) < 4.78 is 26.7. The van der Waals surface area contributed by atoms with Gasteiger partial charge in [-0.2, -0.15) is 0 Å². The van der Waals surface area contributed by atoms with Crippen molar-refractivity contribution in [3.8, 4) is 0 Å². The van der Waals surface area contributed by atoms with Crippen molar-refractivity contribution in [2.45, 2.75) is 38.5 Å². The monoisotopic (exact) mass is 332 g/mol. The van der Waals surface area contributed by atoms with Crippen molar-refractivity contribution in [1.29, 1.82) is 0 Å². The fraction of sp³-hybridized carbons (Fsp3) is 0.600. The van der Waals surface area contributed by atoms with E-state index >= 15 is 0 Å². The van der Waals surface area contributed by atoms with E-state index in [1.165, 1.54) is 19.3 Å². The summed E-state index contributed by atoms with van der Waals surface area (Å²) in [4.78, 5) is 0. The van der Waals surface area contributed by atoms with Crippen LogP contribution in [-0.2, 0) is 16.4 Å². The van der Waals surface area contributed by atoms with Crippen LogP contribution in [-0.4, -0.2) is 20.7 Å². The van der Waals surface area contributed by atoms with Crippen molar-refractivity contribution in [2.24, 2.45) is 5.92 Å². The van der Waals surface area contributed by atoms with Gasteiger partial charge in [-0.1, -0.05) is 31.4 Å². The second-order valence-corrected chi connectivity index (χ2v) is 7.52. The van der Waals surface area contributed by atoms with Gasteiger partial charge in [0, 0.05) is 12.2 Å². The predicted octanol–water partition coefficient (Wildman–Crippen LogP) is 2.73. The first-order valence-corrected chi connectivity index (χ1v) is 9.02. The van der Waals surface area contributed by atoms with Crippen molar-refractivity contribution in [3.05, 3.63) is 29.8 Å². The number of anilines is 1. The maximum atomic E-state index is 12.0. The van der Waals surface area contributed by atoms with E-state index in [2.05, 4.69) is 4.72 Å². The Morgan fingerprint density at radius 3 is 2.33 bits per heavy atom. The van der Waals surface area contributed by atoms with Gasteiger partial charge < -0.3 is 5.73 Å². The Kier molecular flexibility index (Phi) is 7.49. The smallest absolute Gasteiger partial charge is 0.211 e. The molecule has 0 amide bonds. The highest BCUT2D eigenvalue weighted by Crippen LogP contribution is 2.24. The number of sulfonamides is 1. The zero-order chi connectivity index (χ0) is 14.4. The number of hydrogen-bond acceptors (Lipinski definition) is 3. The Morgan fingerprint density at radius 2 is 1.71 bits per heavy atom. The fourth-order valence-electron chi connectivity index (χ4n) is 2.76. The maximum Gasteiger partial charge on any atom is 0.211 e. The topological polar surface area (TPSA) is 72.2 Å². The third-order valence-electron chi connectivity index (χ3n) is 3.90. The molecule has 0 bridgehead atoms. The molecule has 4 nitrogen and oxygen atoms in total. The lowest BCUT2D eigenvalue weighted by Gasteiger charge is -2.21. The lowest BCUT2D eigenvalue weighted by Crippen LogP contribution is -2.32. The molecular formula is C15H25ClN2O2S. The summed E-state index contributed by atoms with van der Waals surface area (Å²) in [5, 5.41) is 0. The quantitative estimate of drug-likeness (QED) is 0.787. The average Bonchev–Trinajstić information content (AvgIpc) is 2.41. The SMILES string of the molecule is Cl.Nc1ccc(CCNS(=O)(=O)CC2CCCCC2)cc1. The highest BCUT2D eigenvalue weighted by atomic mass is 35.5. The van der Waals surface area contributed by atoms with Crippen molar-refractivity contribution in [3.63, 3.8) is 0 Å². The number of benzene rings is 1. The van der Waals surface area contributed by atoms with E-state index in [1.54, 1.807) is 0 Å². The van der Waals surface area contributed by atoms with Gasteiger partial charge in [0.1, 0.15) is 0 Å². The molecule has 0 atom stereocenters. The number of nitrogens with one attached hydrogen (secondary N) is 1. The van der Waals surface area contributed by atoms with Gasteiger partial charge >= 0.3 is 0 Å². The van der Waals surface area contributed by atoms with Crippen molar-refractivity contribution >= 4 is 28.1 Å². The number of hydrogen-bond donors (Lipinski definition) is 2. The van der Waals surface area contributed by atoms with Crippen LogP contribution in [0.5, 0.6) is 0 Å². The number of halogens is 1. The predicted molar refractivity (Wildman–Crippen MR) is 90.2 cm³/mol. The van der Waals surface area contributed by atoms with Crippen LogP contribution in [0.1, 0.15) is 37.7 Å². The van der Waals surface area contributed by atoms with E-state index in [-0.39, 0.29) is 18.2 Å². The van der Waals surface area contributed by atoms with Crippen LogP contribution in [0.25, 0.3) is 0 Å². The minimum atomic E-state index is -3.13. The Labute approximate surface area is 134 Å². The lowest BCUT2D eigenvalue weighted by atomic mass is 9.91. The third-order valence-corrected chi connectivity index (χ3v) is 5.45. The van der Waals surface area contributed by atoms with Gasteiger partial charge in [0.2, 0.25) is 10.0 Å². The van der Waals surface area contributed by atoms with E-state index < -0.39 is 10.0 Å². The summed E-state index contributed by atoms with van der Waals surface area (Å²) in [7, 11) is -3.13. The molecule has 1 saturated carbocycles. The van der Waals surface area contributed by atoms with Gasteiger partial charge in [-0.3, -0.25) is 0 Å². The van der Waals surface area contributed by atoms with Crippen LogP contribution >= 0.6 is 12.4 Å². The molecule has 2 rings (SSSR count). The van der Waals surface area contributed by atoms with E-state index in [0.717, 1.165) is 24.1 Å². The molecule has 21 heavy (non-hydrogen) atoms. The summed E-state index contributed by atoms with van der Waals surface area (Å²) in [5.74, 6) is 0.632. The molecule has 1 aliphatic rings. The largest absolute Gasteiger partial charge is 0.399 e. The Balaban J connectivity index is 0.00000220. The van der Waals surface area contributed by atoms with E-state index in [4.69, 9.17) is 5.73 Å². The fourth-order valence-corrected chi connectivity index (χ4v) is 4.24. The van der Waals surface area contributed by atoms with Gasteiger partial charge in [-0.15, -0.1) is 12.4 Å². The molecule has 0 aliphatic heterocycles. The second-order valence-electron chi connectivity index (χ2n) is 5.67. The van der Waals surface area contributed by atoms with Crippen molar-refractivity contribution < 1.29 is 8.42 Å². The third kappa shape index (κ3) is 6.68. The standard InChI is InChI=1S/C15H24N2O2S.ClH/c16-15-8-6-13(7-9-15)10-11-17-20(18,19)12-14-4-2-1-3-5-14;/h6-9,14,17H,1-5,10-12,16H2;1H. The van der Waals surface area contributed by atoms with Gasteiger partial charge in [0.15, 0.2) is 0 Å². The van der Waals surface area contributed by atoms with E-state index in [9.17, 15) is 8.42 Å². The molecule has 120 valence electrons. The van der Waals surface area contributed by atoms with Gasteiger partial charge in [0.05, 0.1) is 5.75 Å². The Hall–Kier alpha value is -0.780. The Morgan fingerprint density at radius 1 is 1.10 bits per heavy atom. The van der Waals surface area contributed by atoms with Crippen LogP contribution in [0.3, 0.4) is 0 Å². The summed E-state index contributed by atoms with van der Waals surface area (Å²) in [6, 6.07) is 7.55. The minimum Gasteiger partial charge on any atom is -0.399 e. The molecule has 6 heteroatoms. The minimum absolute atomic E-state index is 0. The molecule has 1 aromatic carbocycles. The second kappa shape index (κ2) is 8.61. The van der Waals surface area contributed by atoms with Crippen LogP contribution in [0, 0.1) is 5.92 Å². The molecule has 0 saturated heterocycles. The molecule has 0 radical (unpaired) electrons. The van der Waals surface area contributed by atoms with E-state index in [0.29, 0.717) is 18.9 Å². The highest BCUT2D eigenvalue weighted by Gasteiger charge is 2.20. The maximum absolute atomic E-state index is 12.0. The van der Waals surface area contributed by atoms with Crippen LogP contribution < -0.4 is 10.5 Å². The number of nitrogen functional groups attached to an aromatic ring is 1. The Bertz CT molecular complexity index is 511. The molecule has 0 unspecified atom stereocenters. The molecular weight excluding hydrogens is 308 g/mol. The molecule has 1 aromatic rings. The lowest BCUT2D eigenvalue weighted by molar-refractivity contribution is 0.384. The van der Waals surface area contributed by atoms with Crippen molar-refractivity contribution in [1.82, 2.24) is 4.72 Å². The molecule has 0 heterocycles. The van der Waals surface area contributed by atoms with Gasteiger partial charge in [-0.25, -0.2) is 13.1 Å².